The molecule has 2 rings (SSSR count). The third-order valence-corrected chi connectivity index (χ3v) is 3.40. The van der Waals surface area contributed by atoms with Crippen LogP contribution in [0.4, 0.5) is 13.2 Å². The molecule has 116 valence electrons. The van der Waals surface area contributed by atoms with Gasteiger partial charge in [0.05, 0.1) is 0 Å². The fraction of sp³-hybridized carbons (Fsp3) is 0.571. The Labute approximate surface area is 126 Å². The summed E-state index contributed by atoms with van der Waals surface area (Å²) in [6.07, 6.45) is -1.98. The van der Waals surface area contributed by atoms with Gasteiger partial charge in [-0.3, -0.25) is 0 Å². The maximum atomic E-state index is 12.2. The molecular weight excluding hydrogens is 303 g/mol. The molecule has 0 saturated heterocycles. The number of nitrogens with zero attached hydrogens (tertiary/aromatic N) is 3. The quantitative estimate of drug-likeness (QED) is 0.588. The Bertz CT molecular complexity index is 607. The highest BCUT2D eigenvalue weighted by atomic mass is 35.5. The van der Waals surface area contributed by atoms with Crippen molar-refractivity contribution in [2.75, 3.05) is 5.88 Å². The van der Waals surface area contributed by atoms with Gasteiger partial charge in [-0.2, -0.15) is 13.2 Å². The Hall–Kier alpha value is -1.30. The van der Waals surface area contributed by atoms with Gasteiger partial charge in [-0.1, -0.05) is 0 Å². The highest BCUT2D eigenvalue weighted by molar-refractivity contribution is 6.17. The van der Waals surface area contributed by atoms with Crippen LogP contribution in [-0.4, -0.2) is 26.6 Å². The first-order valence-corrected chi connectivity index (χ1v) is 7.38. The van der Waals surface area contributed by atoms with Crippen molar-refractivity contribution in [3.8, 4) is 0 Å². The Morgan fingerprint density at radius 1 is 1.29 bits per heavy atom. The van der Waals surface area contributed by atoms with Crippen molar-refractivity contribution in [2.24, 2.45) is 0 Å². The summed E-state index contributed by atoms with van der Waals surface area (Å²) >= 11 is 5.77. The highest BCUT2D eigenvalue weighted by Gasteiger charge is 2.26. The van der Waals surface area contributed by atoms with E-state index < -0.39 is 12.6 Å². The predicted octanol–water partition coefficient (Wildman–Crippen LogP) is 4.25. The summed E-state index contributed by atoms with van der Waals surface area (Å²) in [5.74, 6) is 1.20. The number of hydrogen-bond donors (Lipinski definition) is 0. The first-order chi connectivity index (χ1) is 9.90. The topological polar surface area (TPSA) is 30.7 Å². The van der Waals surface area contributed by atoms with Crippen LogP contribution in [0, 0.1) is 6.92 Å². The van der Waals surface area contributed by atoms with Crippen molar-refractivity contribution >= 4 is 22.8 Å². The smallest absolute Gasteiger partial charge is 0.313 e. The molecular formula is C14H17ClF3N3. The van der Waals surface area contributed by atoms with E-state index >= 15 is 0 Å². The molecule has 3 nitrogen and oxygen atoms in total. The lowest BCUT2D eigenvalue weighted by molar-refractivity contribution is -0.135. The van der Waals surface area contributed by atoms with E-state index in [2.05, 4.69) is 9.97 Å². The second-order valence-corrected chi connectivity index (χ2v) is 5.42. The molecule has 0 atom stereocenters. The van der Waals surface area contributed by atoms with Gasteiger partial charge in [0, 0.05) is 31.5 Å². The third kappa shape index (κ3) is 4.33. The van der Waals surface area contributed by atoms with Crippen molar-refractivity contribution in [3.05, 3.63) is 23.7 Å². The van der Waals surface area contributed by atoms with Crippen LogP contribution in [0.2, 0.25) is 0 Å². The van der Waals surface area contributed by atoms with Gasteiger partial charge in [0.1, 0.15) is 11.3 Å². The van der Waals surface area contributed by atoms with Crippen LogP contribution in [0.15, 0.2) is 12.3 Å². The molecule has 0 fully saturated rings. The maximum Gasteiger partial charge on any atom is 0.389 e. The minimum atomic E-state index is -4.09. The Morgan fingerprint density at radius 2 is 2.05 bits per heavy atom. The number of halogens is 4. The van der Waals surface area contributed by atoms with Gasteiger partial charge < -0.3 is 4.57 Å². The molecule has 0 bridgehead atoms. The minimum Gasteiger partial charge on any atom is -0.313 e. The van der Waals surface area contributed by atoms with Crippen molar-refractivity contribution in [3.63, 3.8) is 0 Å². The summed E-state index contributed by atoms with van der Waals surface area (Å²) < 4.78 is 38.4. The van der Waals surface area contributed by atoms with Gasteiger partial charge in [-0.05, 0) is 31.4 Å². The minimum absolute atomic E-state index is 0.106. The fourth-order valence-corrected chi connectivity index (χ4v) is 2.43. The Morgan fingerprint density at radius 3 is 2.71 bits per heavy atom. The van der Waals surface area contributed by atoms with Gasteiger partial charge in [-0.15, -0.1) is 11.6 Å². The van der Waals surface area contributed by atoms with Gasteiger partial charge in [0.2, 0.25) is 0 Å². The molecule has 0 radical (unpaired) electrons. The molecule has 0 saturated carbocycles. The van der Waals surface area contributed by atoms with Crippen molar-refractivity contribution in [2.45, 2.75) is 45.3 Å². The Kier molecular flexibility index (Phi) is 5.08. The molecule has 0 aliphatic heterocycles. The number of alkyl halides is 4. The summed E-state index contributed by atoms with van der Waals surface area (Å²) in [6, 6.07) is 1.92. The zero-order chi connectivity index (χ0) is 15.5. The lowest BCUT2D eigenvalue weighted by Gasteiger charge is -2.09. The number of unbranched alkanes of at least 4 members (excludes halogenated alkanes) is 1. The fourth-order valence-electron chi connectivity index (χ4n) is 2.26. The molecule has 21 heavy (non-hydrogen) atoms. The number of fused-ring (bicyclic) bond motifs is 1. The molecule has 0 aromatic carbocycles. The molecule has 0 aliphatic rings. The summed E-state index contributed by atoms with van der Waals surface area (Å²) in [6.45, 7) is 2.41. The van der Waals surface area contributed by atoms with E-state index in [0.717, 1.165) is 16.9 Å². The Balaban J connectivity index is 2.14. The summed E-state index contributed by atoms with van der Waals surface area (Å²) in [5.41, 5.74) is 2.49. The largest absolute Gasteiger partial charge is 0.389 e. The lowest BCUT2D eigenvalue weighted by atomic mass is 10.2. The molecule has 7 heteroatoms. The monoisotopic (exact) mass is 319 g/mol. The van der Waals surface area contributed by atoms with E-state index in [9.17, 15) is 13.2 Å². The number of hydrogen-bond acceptors (Lipinski definition) is 2. The number of imidazole rings is 1. The SMILES string of the molecule is Cc1cnc2c(c1)nc(CCCl)n2CCCCC(F)(F)F. The van der Waals surface area contributed by atoms with E-state index in [1.807, 2.05) is 17.6 Å². The highest BCUT2D eigenvalue weighted by Crippen LogP contribution is 2.23. The standard InChI is InChI=1S/C14H17ClF3N3/c1-10-8-11-13(19-9-10)21(12(20-11)4-6-15)7-3-2-5-14(16,17)18/h8-9H,2-7H2,1H3. The van der Waals surface area contributed by atoms with E-state index in [0.29, 0.717) is 30.9 Å². The third-order valence-electron chi connectivity index (χ3n) is 3.21. The molecule has 0 unspecified atom stereocenters. The van der Waals surface area contributed by atoms with Crippen LogP contribution in [0.25, 0.3) is 11.2 Å². The lowest BCUT2D eigenvalue weighted by Crippen LogP contribution is -2.09. The van der Waals surface area contributed by atoms with Crippen LogP contribution in [0.1, 0.15) is 30.7 Å². The van der Waals surface area contributed by atoms with Crippen LogP contribution in [0.3, 0.4) is 0 Å². The molecule has 0 amide bonds. The molecule has 2 aromatic heterocycles. The van der Waals surface area contributed by atoms with Crippen LogP contribution in [-0.2, 0) is 13.0 Å². The average molecular weight is 320 g/mol. The maximum absolute atomic E-state index is 12.2. The normalized spacial score (nSPS) is 12.2. The van der Waals surface area contributed by atoms with E-state index in [1.165, 1.54) is 0 Å². The summed E-state index contributed by atoms with van der Waals surface area (Å²) in [5, 5.41) is 0. The zero-order valence-corrected chi connectivity index (χ0v) is 12.5. The first kappa shape index (κ1) is 16.1. The molecule has 0 aliphatic carbocycles. The van der Waals surface area contributed by atoms with Crippen LogP contribution < -0.4 is 0 Å². The van der Waals surface area contributed by atoms with Gasteiger partial charge in [0.15, 0.2) is 5.65 Å². The van der Waals surface area contributed by atoms with Crippen molar-refractivity contribution in [1.29, 1.82) is 0 Å². The van der Waals surface area contributed by atoms with Crippen molar-refractivity contribution < 1.29 is 13.2 Å². The second kappa shape index (κ2) is 6.64. The summed E-state index contributed by atoms with van der Waals surface area (Å²) in [4.78, 5) is 8.83. The first-order valence-electron chi connectivity index (χ1n) is 6.85. The number of pyridine rings is 1. The molecule has 2 aromatic rings. The molecule has 2 heterocycles. The average Bonchev–Trinajstić information content (AvgIpc) is 2.71. The number of rotatable bonds is 6. The van der Waals surface area contributed by atoms with E-state index in [4.69, 9.17) is 11.6 Å². The van der Waals surface area contributed by atoms with Crippen LogP contribution >= 0.6 is 11.6 Å². The predicted molar refractivity (Wildman–Crippen MR) is 76.6 cm³/mol. The van der Waals surface area contributed by atoms with Gasteiger partial charge in [0.25, 0.3) is 0 Å². The molecule has 0 spiro atoms. The van der Waals surface area contributed by atoms with Crippen molar-refractivity contribution in [1.82, 2.24) is 14.5 Å². The van der Waals surface area contributed by atoms with Crippen LogP contribution in [0.5, 0.6) is 0 Å². The summed E-state index contributed by atoms with van der Waals surface area (Å²) in [7, 11) is 0. The zero-order valence-electron chi connectivity index (χ0n) is 11.8. The number of aromatic nitrogens is 3. The van der Waals surface area contributed by atoms with E-state index in [1.54, 1.807) is 6.20 Å². The van der Waals surface area contributed by atoms with E-state index in [-0.39, 0.29) is 6.42 Å². The van der Waals surface area contributed by atoms with Gasteiger partial charge in [-0.25, -0.2) is 9.97 Å². The second-order valence-electron chi connectivity index (χ2n) is 5.05. The number of aryl methyl sites for hydroxylation is 3. The molecule has 0 N–H and O–H groups in total. The van der Waals surface area contributed by atoms with Gasteiger partial charge >= 0.3 is 6.18 Å².